The second-order valence-corrected chi connectivity index (χ2v) is 4.11. The summed E-state index contributed by atoms with van der Waals surface area (Å²) in [6.45, 7) is 10.9. The van der Waals surface area contributed by atoms with E-state index in [2.05, 4.69) is 23.7 Å². The predicted octanol–water partition coefficient (Wildman–Crippen LogP) is 2.44. The Bertz CT molecular complexity index is 364. The third-order valence-corrected chi connectivity index (χ3v) is 2.58. The normalized spacial score (nSPS) is 10.8. The molecular weight excluding hydrogens is 188 g/mol. The molecule has 0 spiro atoms. The van der Waals surface area contributed by atoms with Gasteiger partial charge in [-0.1, -0.05) is 0 Å². The SMILES string of the molecule is CCNC(=O)c1cc(C)n(C(C)C)c1C. The van der Waals surface area contributed by atoms with E-state index in [1.54, 1.807) is 0 Å². The van der Waals surface area contributed by atoms with Gasteiger partial charge in [-0.2, -0.15) is 0 Å². The first-order valence-corrected chi connectivity index (χ1v) is 5.45. The van der Waals surface area contributed by atoms with E-state index in [0.717, 1.165) is 17.0 Å². The molecule has 0 aliphatic carbocycles. The maximum absolute atomic E-state index is 11.7. The van der Waals surface area contributed by atoms with E-state index in [1.165, 1.54) is 0 Å². The first-order chi connectivity index (χ1) is 6.99. The Morgan fingerprint density at radius 1 is 1.47 bits per heavy atom. The lowest BCUT2D eigenvalue weighted by Crippen LogP contribution is -2.23. The molecule has 1 aromatic heterocycles. The highest BCUT2D eigenvalue weighted by atomic mass is 16.1. The van der Waals surface area contributed by atoms with Crippen molar-refractivity contribution in [2.75, 3.05) is 6.54 Å². The van der Waals surface area contributed by atoms with Crippen LogP contribution in [-0.2, 0) is 0 Å². The molecule has 0 saturated carbocycles. The quantitative estimate of drug-likeness (QED) is 0.813. The first-order valence-electron chi connectivity index (χ1n) is 5.45. The molecule has 3 nitrogen and oxygen atoms in total. The molecule has 0 aliphatic rings. The number of aryl methyl sites for hydroxylation is 1. The summed E-state index contributed by atoms with van der Waals surface area (Å²) in [4.78, 5) is 11.7. The molecule has 3 heteroatoms. The Labute approximate surface area is 91.5 Å². The number of carbonyl (C=O) groups excluding carboxylic acids is 1. The van der Waals surface area contributed by atoms with Gasteiger partial charge in [0.05, 0.1) is 5.56 Å². The minimum atomic E-state index is 0.0255. The lowest BCUT2D eigenvalue weighted by molar-refractivity contribution is 0.0955. The molecule has 0 saturated heterocycles. The third-order valence-electron chi connectivity index (χ3n) is 2.58. The van der Waals surface area contributed by atoms with Gasteiger partial charge in [-0.15, -0.1) is 0 Å². The van der Waals surface area contributed by atoms with Crippen molar-refractivity contribution < 1.29 is 4.79 Å². The van der Waals surface area contributed by atoms with Crippen molar-refractivity contribution in [2.24, 2.45) is 0 Å². The van der Waals surface area contributed by atoms with Crippen molar-refractivity contribution in [1.82, 2.24) is 9.88 Å². The van der Waals surface area contributed by atoms with Gasteiger partial charge in [-0.3, -0.25) is 4.79 Å². The smallest absolute Gasteiger partial charge is 0.253 e. The van der Waals surface area contributed by atoms with Gasteiger partial charge < -0.3 is 9.88 Å². The number of amides is 1. The molecular formula is C12H20N2O. The van der Waals surface area contributed by atoms with Gasteiger partial charge in [0, 0.05) is 24.0 Å². The molecule has 1 rings (SSSR count). The summed E-state index contributed by atoms with van der Waals surface area (Å²) in [5, 5.41) is 2.83. The van der Waals surface area contributed by atoms with Crippen LogP contribution in [0.5, 0.6) is 0 Å². The van der Waals surface area contributed by atoms with E-state index in [0.29, 0.717) is 12.6 Å². The fourth-order valence-electron chi connectivity index (χ4n) is 2.06. The lowest BCUT2D eigenvalue weighted by Gasteiger charge is -2.13. The Morgan fingerprint density at radius 2 is 2.07 bits per heavy atom. The van der Waals surface area contributed by atoms with Crippen LogP contribution >= 0.6 is 0 Å². The zero-order valence-corrected chi connectivity index (χ0v) is 10.2. The van der Waals surface area contributed by atoms with Gasteiger partial charge in [-0.25, -0.2) is 0 Å². The summed E-state index contributed by atoms with van der Waals surface area (Å²) < 4.78 is 2.19. The van der Waals surface area contributed by atoms with Crippen LogP contribution < -0.4 is 5.32 Å². The number of hydrogen-bond donors (Lipinski definition) is 1. The van der Waals surface area contributed by atoms with Crippen LogP contribution in [0, 0.1) is 13.8 Å². The highest BCUT2D eigenvalue weighted by Gasteiger charge is 2.15. The Morgan fingerprint density at radius 3 is 2.47 bits per heavy atom. The number of rotatable bonds is 3. The third kappa shape index (κ3) is 2.22. The van der Waals surface area contributed by atoms with E-state index < -0.39 is 0 Å². The summed E-state index contributed by atoms with van der Waals surface area (Å²) in [5.74, 6) is 0.0255. The summed E-state index contributed by atoms with van der Waals surface area (Å²) in [6.07, 6.45) is 0. The number of nitrogens with zero attached hydrogens (tertiary/aromatic N) is 1. The molecule has 0 bridgehead atoms. The average molecular weight is 208 g/mol. The van der Waals surface area contributed by atoms with E-state index in [1.807, 2.05) is 26.8 Å². The monoisotopic (exact) mass is 208 g/mol. The number of carbonyl (C=O) groups is 1. The topological polar surface area (TPSA) is 34.0 Å². The number of nitrogens with one attached hydrogen (secondary N) is 1. The van der Waals surface area contributed by atoms with Crippen molar-refractivity contribution in [1.29, 1.82) is 0 Å². The molecule has 0 atom stereocenters. The van der Waals surface area contributed by atoms with Crippen LogP contribution in [0.1, 0.15) is 48.6 Å². The first kappa shape index (κ1) is 11.8. The molecule has 84 valence electrons. The molecule has 0 unspecified atom stereocenters. The van der Waals surface area contributed by atoms with Crippen LogP contribution in [-0.4, -0.2) is 17.0 Å². The van der Waals surface area contributed by atoms with Crippen LogP contribution in [0.2, 0.25) is 0 Å². The standard InChI is InChI=1S/C12H20N2O/c1-6-13-12(15)11-7-9(4)14(8(2)3)10(11)5/h7-8H,6H2,1-5H3,(H,13,15). The molecule has 1 amide bonds. The fourth-order valence-corrected chi connectivity index (χ4v) is 2.06. The minimum absolute atomic E-state index is 0.0255. The molecule has 0 fully saturated rings. The summed E-state index contributed by atoms with van der Waals surface area (Å²) in [7, 11) is 0. The van der Waals surface area contributed by atoms with E-state index in [9.17, 15) is 4.79 Å². The molecule has 0 aliphatic heterocycles. The Kier molecular flexibility index (Phi) is 3.56. The molecule has 0 aromatic carbocycles. The maximum atomic E-state index is 11.7. The fraction of sp³-hybridized carbons (Fsp3) is 0.583. The van der Waals surface area contributed by atoms with Crippen LogP contribution in [0.3, 0.4) is 0 Å². The molecule has 0 radical (unpaired) electrons. The lowest BCUT2D eigenvalue weighted by atomic mass is 10.2. The molecule has 1 N–H and O–H groups in total. The zero-order chi connectivity index (χ0) is 11.6. The van der Waals surface area contributed by atoms with E-state index in [4.69, 9.17) is 0 Å². The zero-order valence-electron chi connectivity index (χ0n) is 10.2. The summed E-state index contributed by atoms with van der Waals surface area (Å²) in [6, 6.07) is 2.36. The van der Waals surface area contributed by atoms with Crippen molar-refractivity contribution >= 4 is 5.91 Å². The molecule has 1 heterocycles. The largest absolute Gasteiger partial charge is 0.352 e. The van der Waals surface area contributed by atoms with Crippen molar-refractivity contribution in [2.45, 2.75) is 40.7 Å². The van der Waals surface area contributed by atoms with Crippen LogP contribution in [0.25, 0.3) is 0 Å². The van der Waals surface area contributed by atoms with Gasteiger partial charge in [0.25, 0.3) is 5.91 Å². The van der Waals surface area contributed by atoms with Gasteiger partial charge in [0.15, 0.2) is 0 Å². The second kappa shape index (κ2) is 4.51. The van der Waals surface area contributed by atoms with E-state index >= 15 is 0 Å². The second-order valence-electron chi connectivity index (χ2n) is 4.11. The number of hydrogen-bond acceptors (Lipinski definition) is 1. The Balaban J connectivity index is 3.12. The average Bonchev–Trinajstić information content (AvgIpc) is 2.42. The van der Waals surface area contributed by atoms with Crippen molar-refractivity contribution in [3.63, 3.8) is 0 Å². The summed E-state index contributed by atoms with van der Waals surface area (Å²) in [5.41, 5.74) is 2.99. The van der Waals surface area contributed by atoms with Gasteiger partial charge in [0.2, 0.25) is 0 Å². The van der Waals surface area contributed by atoms with Gasteiger partial charge in [-0.05, 0) is 40.7 Å². The van der Waals surface area contributed by atoms with Crippen LogP contribution in [0.15, 0.2) is 6.07 Å². The minimum Gasteiger partial charge on any atom is -0.352 e. The van der Waals surface area contributed by atoms with Gasteiger partial charge >= 0.3 is 0 Å². The van der Waals surface area contributed by atoms with Crippen LogP contribution in [0.4, 0.5) is 0 Å². The van der Waals surface area contributed by atoms with Gasteiger partial charge in [0.1, 0.15) is 0 Å². The molecule has 15 heavy (non-hydrogen) atoms. The van der Waals surface area contributed by atoms with E-state index in [-0.39, 0.29) is 5.91 Å². The predicted molar refractivity (Wildman–Crippen MR) is 62.3 cm³/mol. The highest BCUT2D eigenvalue weighted by molar-refractivity contribution is 5.95. The Hall–Kier alpha value is -1.25. The molecule has 1 aromatic rings. The highest BCUT2D eigenvalue weighted by Crippen LogP contribution is 2.19. The van der Waals surface area contributed by atoms with Crippen molar-refractivity contribution in [3.05, 3.63) is 23.0 Å². The summed E-state index contributed by atoms with van der Waals surface area (Å²) >= 11 is 0. The van der Waals surface area contributed by atoms with Crippen molar-refractivity contribution in [3.8, 4) is 0 Å². The number of aromatic nitrogens is 1. The maximum Gasteiger partial charge on any atom is 0.253 e.